The van der Waals surface area contributed by atoms with Crippen molar-refractivity contribution in [2.45, 2.75) is 13.5 Å². The fourth-order valence-electron chi connectivity index (χ4n) is 1.69. The van der Waals surface area contributed by atoms with Gasteiger partial charge in [-0.25, -0.2) is 9.97 Å². The van der Waals surface area contributed by atoms with Crippen LogP contribution in [0.1, 0.15) is 12.7 Å². The van der Waals surface area contributed by atoms with Crippen molar-refractivity contribution in [3.05, 3.63) is 39.0 Å². The van der Waals surface area contributed by atoms with Crippen LogP contribution in [0.15, 0.2) is 33.2 Å². The SMILES string of the molecule is CCOCc1nc(NC)cc(Nc2c(Br)cccc2Br)n1. The summed E-state index contributed by atoms with van der Waals surface area (Å²) >= 11 is 7.05. The first-order valence-electron chi connectivity index (χ1n) is 6.48. The van der Waals surface area contributed by atoms with Crippen LogP contribution < -0.4 is 10.6 Å². The van der Waals surface area contributed by atoms with E-state index in [1.54, 1.807) is 0 Å². The summed E-state index contributed by atoms with van der Waals surface area (Å²) in [5.74, 6) is 2.08. The monoisotopic (exact) mass is 414 g/mol. The van der Waals surface area contributed by atoms with E-state index >= 15 is 0 Å². The molecule has 0 saturated carbocycles. The van der Waals surface area contributed by atoms with Crippen LogP contribution in [0, 0.1) is 0 Å². The predicted octanol–water partition coefficient (Wildman–Crippen LogP) is 4.32. The lowest BCUT2D eigenvalue weighted by atomic mass is 10.3. The Morgan fingerprint density at radius 2 is 1.81 bits per heavy atom. The normalized spacial score (nSPS) is 10.5. The topological polar surface area (TPSA) is 59.1 Å². The zero-order valence-electron chi connectivity index (χ0n) is 11.8. The maximum absolute atomic E-state index is 5.37. The summed E-state index contributed by atoms with van der Waals surface area (Å²) in [6.07, 6.45) is 0. The summed E-state index contributed by atoms with van der Waals surface area (Å²) in [7, 11) is 1.82. The number of rotatable bonds is 6. The predicted molar refractivity (Wildman–Crippen MR) is 92.0 cm³/mol. The Kier molecular flexibility index (Phi) is 5.96. The number of halogens is 2. The van der Waals surface area contributed by atoms with Crippen molar-refractivity contribution in [1.82, 2.24) is 9.97 Å². The molecule has 5 nitrogen and oxygen atoms in total. The van der Waals surface area contributed by atoms with E-state index in [4.69, 9.17) is 4.74 Å². The molecule has 1 heterocycles. The van der Waals surface area contributed by atoms with Gasteiger partial charge in [0, 0.05) is 28.7 Å². The third-order valence-electron chi connectivity index (χ3n) is 2.68. The summed E-state index contributed by atoms with van der Waals surface area (Å²) in [4.78, 5) is 8.83. The maximum atomic E-state index is 5.37. The van der Waals surface area contributed by atoms with Crippen LogP contribution in [0.4, 0.5) is 17.3 Å². The summed E-state index contributed by atoms with van der Waals surface area (Å²) in [5, 5.41) is 6.32. The molecular weight excluding hydrogens is 400 g/mol. The van der Waals surface area contributed by atoms with Gasteiger partial charge in [-0.15, -0.1) is 0 Å². The molecule has 0 aliphatic carbocycles. The van der Waals surface area contributed by atoms with E-state index in [1.165, 1.54) is 0 Å². The van der Waals surface area contributed by atoms with Crippen LogP contribution in [0.25, 0.3) is 0 Å². The van der Waals surface area contributed by atoms with Gasteiger partial charge < -0.3 is 15.4 Å². The van der Waals surface area contributed by atoms with Crippen LogP contribution in [0.3, 0.4) is 0 Å². The van der Waals surface area contributed by atoms with Gasteiger partial charge in [0.05, 0.1) is 5.69 Å². The summed E-state index contributed by atoms with van der Waals surface area (Å²) in [5.41, 5.74) is 0.917. The van der Waals surface area contributed by atoms with Crippen LogP contribution in [0.5, 0.6) is 0 Å². The molecule has 2 aromatic rings. The van der Waals surface area contributed by atoms with Gasteiger partial charge in [0.25, 0.3) is 0 Å². The number of nitrogens with one attached hydrogen (secondary N) is 2. The molecular formula is C14H16Br2N4O. The minimum absolute atomic E-state index is 0.387. The molecule has 1 aromatic heterocycles. The first-order valence-corrected chi connectivity index (χ1v) is 8.07. The molecule has 1 aromatic carbocycles. The molecule has 7 heteroatoms. The van der Waals surface area contributed by atoms with Crippen LogP contribution in [0.2, 0.25) is 0 Å². The number of para-hydroxylation sites is 1. The lowest BCUT2D eigenvalue weighted by Gasteiger charge is -2.12. The molecule has 0 amide bonds. The minimum Gasteiger partial charge on any atom is -0.374 e. The standard InChI is InChI=1S/C14H16Br2N4O/c1-3-21-8-13-18-11(17-2)7-12(19-13)20-14-9(15)5-4-6-10(14)16/h4-7H,3,8H2,1-2H3,(H2,17,18,19,20). The van der Waals surface area contributed by atoms with Gasteiger partial charge in [0.15, 0.2) is 5.82 Å². The van der Waals surface area contributed by atoms with E-state index in [0.29, 0.717) is 24.9 Å². The molecule has 112 valence electrons. The Hall–Kier alpha value is -1.18. The number of nitrogens with zero attached hydrogens (tertiary/aromatic N) is 2. The van der Waals surface area contributed by atoms with E-state index in [0.717, 1.165) is 20.5 Å². The third kappa shape index (κ3) is 4.39. The van der Waals surface area contributed by atoms with Crippen molar-refractivity contribution in [2.75, 3.05) is 24.3 Å². The van der Waals surface area contributed by atoms with E-state index in [9.17, 15) is 0 Å². The molecule has 0 fully saturated rings. The zero-order chi connectivity index (χ0) is 15.2. The van der Waals surface area contributed by atoms with Gasteiger partial charge in [-0.1, -0.05) is 6.07 Å². The molecule has 2 rings (SSSR count). The minimum atomic E-state index is 0.387. The molecule has 0 radical (unpaired) electrons. The average molecular weight is 416 g/mol. The third-order valence-corrected chi connectivity index (χ3v) is 4.00. The van der Waals surface area contributed by atoms with Gasteiger partial charge >= 0.3 is 0 Å². The van der Waals surface area contributed by atoms with E-state index < -0.39 is 0 Å². The highest BCUT2D eigenvalue weighted by Gasteiger charge is 2.08. The van der Waals surface area contributed by atoms with Crippen LogP contribution >= 0.6 is 31.9 Å². The molecule has 0 atom stereocenters. The number of anilines is 3. The highest BCUT2D eigenvalue weighted by Crippen LogP contribution is 2.32. The fourth-order valence-corrected chi connectivity index (χ4v) is 2.89. The van der Waals surface area contributed by atoms with Gasteiger partial charge in [0.1, 0.15) is 18.2 Å². The molecule has 2 N–H and O–H groups in total. The Labute approximate surface area is 140 Å². The Bertz CT molecular complexity index is 602. The van der Waals surface area contributed by atoms with Crippen LogP contribution in [-0.2, 0) is 11.3 Å². The average Bonchev–Trinajstić information content (AvgIpc) is 2.49. The summed E-state index contributed by atoms with van der Waals surface area (Å²) in [6, 6.07) is 7.74. The van der Waals surface area contributed by atoms with Crippen molar-refractivity contribution in [3.63, 3.8) is 0 Å². The Balaban J connectivity index is 2.30. The lowest BCUT2D eigenvalue weighted by molar-refractivity contribution is 0.128. The molecule has 0 saturated heterocycles. The molecule has 0 spiro atoms. The van der Waals surface area contributed by atoms with Crippen molar-refractivity contribution >= 4 is 49.2 Å². The summed E-state index contributed by atoms with van der Waals surface area (Å²) in [6.45, 7) is 2.96. The number of hydrogen-bond donors (Lipinski definition) is 2. The van der Waals surface area contributed by atoms with Crippen molar-refractivity contribution in [2.24, 2.45) is 0 Å². The number of hydrogen-bond acceptors (Lipinski definition) is 5. The number of benzene rings is 1. The molecule has 0 aliphatic heterocycles. The molecule has 0 unspecified atom stereocenters. The van der Waals surface area contributed by atoms with Crippen molar-refractivity contribution < 1.29 is 4.74 Å². The Morgan fingerprint density at radius 3 is 2.43 bits per heavy atom. The molecule has 21 heavy (non-hydrogen) atoms. The van der Waals surface area contributed by atoms with Gasteiger partial charge in [-0.05, 0) is 50.9 Å². The lowest BCUT2D eigenvalue weighted by Crippen LogP contribution is -2.06. The first kappa shape index (κ1) is 16.2. The van der Waals surface area contributed by atoms with Gasteiger partial charge in [-0.2, -0.15) is 0 Å². The summed E-state index contributed by atoms with van der Waals surface area (Å²) < 4.78 is 7.28. The van der Waals surface area contributed by atoms with E-state index in [1.807, 2.05) is 38.2 Å². The molecule has 0 aliphatic rings. The fraction of sp³-hybridized carbons (Fsp3) is 0.286. The second kappa shape index (κ2) is 7.72. The van der Waals surface area contributed by atoms with Crippen LogP contribution in [-0.4, -0.2) is 23.6 Å². The van der Waals surface area contributed by atoms with E-state index in [2.05, 4.69) is 52.5 Å². The van der Waals surface area contributed by atoms with E-state index in [-0.39, 0.29) is 0 Å². The largest absolute Gasteiger partial charge is 0.374 e. The first-order chi connectivity index (χ1) is 10.1. The second-order valence-corrected chi connectivity index (χ2v) is 5.87. The van der Waals surface area contributed by atoms with Crippen molar-refractivity contribution in [1.29, 1.82) is 0 Å². The molecule has 0 bridgehead atoms. The zero-order valence-corrected chi connectivity index (χ0v) is 15.0. The second-order valence-electron chi connectivity index (χ2n) is 4.16. The number of ether oxygens (including phenoxy) is 1. The van der Waals surface area contributed by atoms with Gasteiger partial charge in [-0.3, -0.25) is 0 Å². The maximum Gasteiger partial charge on any atom is 0.158 e. The highest BCUT2D eigenvalue weighted by atomic mass is 79.9. The number of aromatic nitrogens is 2. The highest BCUT2D eigenvalue weighted by molar-refractivity contribution is 9.11. The Morgan fingerprint density at radius 1 is 1.14 bits per heavy atom. The van der Waals surface area contributed by atoms with Gasteiger partial charge in [0.2, 0.25) is 0 Å². The quantitative estimate of drug-likeness (QED) is 0.735. The van der Waals surface area contributed by atoms with Crippen molar-refractivity contribution in [3.8, 4) is 0 Å². The smallest absolute Gasteiger partial charge is 0.158 e.